The summed E-state index contributed by atoms with van der Waals surface area (Å²) >= 11 is 9.54. The van der Waals surface area contributed by atoms with Crippen molar-refractivity contribution in [1.29, 1.82) is 0 Å². The molecule has 0 aliphatic carbocycles. The molecule has 0 fully saturated rings. The summed E-state index contributed by atoms with van der Waals surface area (Å²) in [5.41, 5.74) is 1.59. The van der Waals surface area contributed by atoms with E-state index in [2.05, 4.69) is 32.8 Å². The molecule has 2 aromatic heterocycles. The van der Waals surface area contributed by atoms with Crippen molar-refractivity contribution in [2.75, 3.05) is 0 Å². The largest absolute Gasteiger partial charge is 0.461 e. The van der Waals surface area contributed by atoms with Crippen LogP contribution in [0.5, 0.6) is 0 Å². The van der Waals surface area contributed by atoms with Gasteiger partial charge in [-0.2, -0.15) is 0 Å². The van der Waals surface area contributed by atoms with E-state index in [1.165, 1.54) is 0 Å². The fraction of sp³-hybridized carbons (Fsp3) is 0.333. The smallest absolute Gasteiger partial charge is 0.166 e. The molecule has 2 rings (SSSR count). The Hall–Kier alpha value is -0.870. The third-order valence-corrected chi connectivity index (χ3v) is 3.43. The quantitative estimate of drug-likeness (QED) is 0.787. The van der Waals surface area contributed by atoms with Crippen molar-refractivity contribution in [3.63, 3.8) is 0 Å². The van der Waals surface area contributed by atoms with Crippen LogP contribution in [0.1, 0.15) is 24.7 Å². The molecule has 0 aliphatic rings. The summed E-state index contributed by atoms with van der Waals surface area (Å²) in [6.07, 6.45) is 3.41. The molecule has 0 radical (unpaired) electrons. The summed E-state index contributed by atoms with van der Waals surface area (Å²) in [6.45, 7) is 3.97. The molecule has 5 heteroatoms. The normalized spacial score (nSPS) is 10.8. The van der Waals surface area contributed by atoms with Crippen molar-refractivity contribution >= 4 is 27.5 Å². The number of furan rings is 1. The van der Waals surface area contributed by atoms with Gasteiger partial charge in [-0.15, -0.1) is 0 Å². The van der Waals surface area contributed by atoms with Crippen LogP contribution in [0, 0.1) is 6.92 Å². The highest BCUT2D eigenvalue weighted by atomic mass is 79.9. The Morgan fingerprint density at radius 2 is 2.18 bits per heavy atom. The summed E-state index contributed by atoms with van der Waals surface area (Å²) in [7, 11) is 0. The van der Waals surface area contributed by atoms with E-state index in [9.17, 15) is 0 Å². The van der Waals surface area contributed by atoms with Gasteiger partial charge in [-0.1, -0.05) is 18.5 Å². The molecule has 3 nitrogen and oxygen atoms in total. The number of aryl methyl sites for hydroxylation is 1. The molecule has 0 aromatic carbocycles. The predicted molar refractivity (Wildman–Crippen MR) is 71.2 cm³/mol. The average Bonchev–Trinajstić information content (AvgIpc) is 2.70. The predicted octanol–water partition coefficient (Wildman–Crippen LogP) is 4.41. The van der Waals surface area contributed by atoms with Crippen LogP contribution in [0.3, 0.4) is 0 Å². The van der Waals surface area contributed by atoms with Gasteiger partial charge in [0.1, 0.15) is 16.7 Å². The number of nitrogens with zero attached hydrogens (tertiary/aromatic N) is 2. The zero-order valence-electron chi connectivity index (χ0n) is 9.63. The van der Waals surface area contributed by atoms with Crippen LogP contribution in [-0.4, -0.2) is 9.97 Å². The average molecular weight is 316 g/mol. The van der Waals surface area contributed by atoms with Crippen LogP contribution < -0.4 is 0 Å². The number of hydrogen-bond acceptors (Lipinski definition) is 3. The van der Waals surface area contributed by atoms with Crippen LogP contribution in [0.2, 0.25) is 5.15 Å². The zero-order chi connectivity index (χ0) is 12.4. The monoisotopic (exact) mass is 314 g/mol. The minimum absolute atomic E-state index is 0.488. The van der Waals surface area contributed by atoms with E-state index >= 15 is 0 Å². The molecule has 2 aromatic rings. The second-order valence-corrected chi connectivity index (χ2v) is 4.96. The lowest BCUT2D eigenvalue weighted by Crippen LogP contribution is -2.00. The van der Waals surface area contributed by atoms with Gasteiger partial charge in [-0.3, -0.25) is 0 Å². The first kappa shape index (κ1) is 12.6. The molecule has 0 aliphatic heterocycles. The molecular weight excluding hydrogens is 304 g/mol. The molecule has 90 valence electrons. The number of hydrogen-bond donors (Lipinski definition) is 0. The molecule has 2 heterocycles. The highest BCUT2D eigenvalue weighted by Crippen LogP contribution is 2.32. The van der Waals surface area contributed by atoms with Gasteiger partial charge in [0.05, 0.1) is 10.7 Å². The summed E-state index contributed by atoms with van der Waals surface area (Å²) in [6, 6.07) is 1.84. The van der Waals surface area contributed by atoms with E-state index in [0.29, 0.717) is 10.9 Å². The minimum atomic E-state index is 0.488. The number of halogens is 2. The van der Waals surface area contributed by atoms with Crippen molar-refractivity contribution in [3.8, 4) is 11.5 Å². The first-order valence-electron chi connectivity index (χ1n) is 5.39. The summed E-state index contributed by atoms with van der Waals surface area (Å²) in [5, 5.41) is 0.488. The maximum Gasteiger partial charge on any atom is 0.166 e. The highest BCUT2D eigenvalue weighted by molar-refractivity contribution is 9.10. The Morgan fingerprint density at radius 1 is 1.41 bits per heavy atom. The zero-order valence-corrected chi connectivity index (χ0v) is 12.0. The molecule has 0 bridgehead atoms. The lowest BCUT2D eigenvalue weighted by atomic mass is 10.2. The molecule has 0 saturated carbocycles. The van der Waals surface area contributed by atoms with Crippen LogP contribution in [0.15, 0.2) is 21.2 Å². The van der Waals surface area contributed by atoms with Gasteiger partial charge >= 0.3 is 0 Å². The second-order valence-electron chi connectivity index (χ2n) is 3.75. The van der Waals surface area contributed by atoms with E-state index in [-0.39, 0.29) is 0 Å². The molecule has 0 saturated heterocycles. The Morgan fingerprint density at radius 3 is 2.76 bits per heavy atom. The molecule has 0 amide bonds. The van der Waals surface area contributed by atoms with Gasteiger partial charge in [0.15, 0.2) is 5.76 Å². The van der Waals surface area contributed by atoms with E-state index in [0.717, 1.165) is 34.4 Å². The molecule has 17 heavy (non-hydrogen) atoms. The van der Waals surface area contributed by atoms with E-state index in [1.807, 2.05) is 13.0 Å². The molecule has 0 unspecified atom stereocenters. The Labute approximate surface area is 113 Å². The summed E-state index contributed by atoms with van der Waals surface area (Å²) in [4.78, 5) is 8.77. The lowest BCUT2D eigenvalue weighted by Gasteiger charge is -2.07. The topological polar surface area (TPSA) is 38.9 Å². The van der Waals surface area contributed by atoms with Gasteiger partial charge in [-0.05, 0) is 35.3 Å². The molecule has 0 atom stereocenters. The number of rotatable bonds is 3. The Bertz CT molecular complexity index is 539. The SMILES string of the molecule is CCCc1nc(Cl)c(C)c(-c2occc2Br)n1. The van der Waals surface area contributed by atoms with Crippen LogP contribution in [0.25, 0.3) is 11.5 Å². The Kier molecular flexibility index (Phi) is 3.84. The Balaban J connectivity index is 2.56. The third kappa shape index (κ3) is 2.53. The summed E-state index contributed by atoms with van der Waals surface area (Å²) < 4.78 is 6.30. The van der Waals surface area contributed by atoms with Crippen LogP contribution in [-0.2, 0) is 6.42 Å². The fourth-order valence-electron chi connectivity index (χ4n) is 1.55. The molecular formula is C12H12BrClN2O. The van der Waals surface area contributed by atoms with Crippen molar-refractivity contribution in [2.24, 2.45) is 0 Å². The maximum atomic E-state index is 6.12. The second kappa shape index (κ2) is 5.19. The summed E-state index contributed by atoms with van der Waals surface area (Å²) in [5.74, 6) is 1.45. The fourth-order valence-corrected chi connectivity index (χ4v) is 2.13. The van der Waals surface area contributed by atoms with Gasteiger partial charge in [0.2, 0.25) is 0 Å². The van der Waals surface area contributed by atoms with E-state index in [1.54, 1.807) is 6.26 Å². The molecule has 0 N–H and O–H groups in total. The number of aromatic nitrogens is 2. The first-order chi connectivity index (χ1) is 8.13. The van der Waals surface area contributed by atoms with Crippen molar-refractivity contribution < 1.29 is 4.42 Å². The molecule has 0 spiro atoms. The minimum Gasteiger partial charge on any atom is -0.461 e. The van der Waals surface area contributed by atoms with Gasteiger partial charge < -0.3 is 4.42 Å². The standard InChI is InChI=1S/C12H12BrClN2O/c1-3-4-9-15-10(7(2)12(14)16-9)11-8(13)5-6-17-11/h5-6H,3-4H2,1-2H3. The van der Waals surface area contributed by atoms with Crippen molar-refractivity contribution in [2.45, 2.75) is 26.7 Å². The lowest BCUT2D eigenvalue weighted by molar-refractivity contribution is 0.577. The third-order valence-electron chi connectivity index (χ3n) is 2.44. The first-order valence-corrected chi connectivity index (χ1v) is 6.57. The highest BCUT2D eigenvalue weighted by Gasteiger charge is 2.15. The van der Waals surface area contributed by atoms with Crippen molar-refractivity contribution in [1.82, 2.24) is 9.97 Å². The van der Waals surface area contributed by atoms with Gasteiger partial charge in [0.25, 0.3) is 0 Å². The van der Waals surface area contributed by atoms with E-state index in [4.69, 9.17) is 16.0 Å². The maximum absolute atomic E-state index is 6.12. The van der Waals surface area contributed by atoms with Crippen molar-refractivity contribution in [3.05, 3.63) is 33.3 Å². The van der Waals surface area contributed by atoms with E-state index < -0.39 is 0 Å². The van der Waals surface area contributed by atoms with Crippen LogP contribution >= 0.6 is 27.5 Å². The van der Waals surface area contributed by atoms with Gasteiger partial charge in [-0.25, -0.2) is 9.97 Å². The van der Waals surface area contributed by atoms with Crippen LogP contribution in [0.4, 0.5) is 0 Å². The van der Waals surface area contributed by atoms with Gasteiger partial charge in [0, 0.05) is 12.0 Å².